The van der Waals surface area contributed by atoms with Gasteiger partial charge in [0, 0.05) is 0 Å². The first-order valence-electron chi connectivity index (χ1n) is 3.26. The average Bonchev–Trinajstić information content (AvgIpc) is 2.47. The van der Waals surface area contributed by atoms with Crippen LogP contribution in [0.25, 0.3) is 10.2 Å². The quantitative estimate of drug-likeness (QED) is 0.702. The molecule has 0 spiro atoms. The molecule has 3 nitrogen and oxygen atoms in total. The second-order valence-corrected chi connectivity index (χ2v) is 3.47. The van der Waals surface area contributed by atoms with Gasteiger partial charge in [0.2, 0.25) is 16.6 Å². The van der Waals surface area contributed by atoms with E-state index in [1.54, 1.807) is 0 Å². The zero-order valence-electron chi connectivity index (χ0n) is 5.93. The van der Waals surface area contributed by atoms with Gasteiger partial charge in [0.05, 0.1) is 10.2 Å². The molecule has 0 saturated heterocycles. The molecule has 0 aliphatic carbocycles. The van der Waals surface area contributed by atoms with E-state index < -0.39 is 0 Å². The lowest BCUT2D eigenvalue weighted by molar-refractivity contribution is 0.698. The monoisotopic (exact) mass is 196 g/mol. The number of fused-ring (bicyclic) bond motifs is 1. The highest BCUT2D eigenvalue weighted by molar-refractivity contribution is 7.55. The molecule has 1 aromatic carbocycles. The molecule has 0 aliphatic heterocycles. The van der Waals surface area contributed by atoms with E-state index in [-0.39, 0.29) is 11.5 Å². The third kappa shape index (κ3) is 1.28. The van der Waals surface area contributed by atoms with Crippen LogP contribution in [0.3, 0.4) is 0 Å². The first kappa shape index (κ1) is 7.57. The predicted molar refractivity (Wildman–Crippen MR) is 49.9 cm³/mol. The van der Waals surface area contributed by atoms with Crippen molar-refractivity contribution < 1.29 is 4.21 Å². The highest BCUT2D eigenvalue weighted by atomic mass is 32.1. The summed E-state index contributed by atoms with van der Waals surface area (Å²) in [5.41, 5.74) is 0.898. The Kier molecular flexibility index (Phi) is 1.97. The van der Waals surface area contributed by atoms with Crippen molar-refractivity contribution in [3.63, 3.8) is 0 Å². The van der Waals surface area contributed by atoms with Gasteiger partial charge in [-0.05, 0) is 12.1 Å². The highest BCUT2D eigenvalue weighted by Crippen LogP contribution is 2.26. The third-order valence-electron chi connectivity index (χ3n) is 1.40. The molecule has 2 rings (SSSR count). The van der Waals surface area contributed by atoms with Crippen LogP contribution < -0.4 is 0 Å². The van der Waals surface area contributed by atoms with E-state index in [0.29, 0.717) is 5.13 Å². The molecule has 1 aromatic heterocycles. The van der Waals surface area contributed by atoms with Gasteiger partial charge in [0.1, 0.15) is 0 Å². The lowest BCUT2D eigenvalue weighted by Crippen LogP contribution is -1.62. The Balaban J connectivity index is 2.69. The van der Waals surface area contributed by atoms with Crippen LogP contribution in [0.15, 0.2) is 28.6 Å². The Hall–Kier alpha value is -1.07. The van der Waals surface area contributed by atoms with Crippen LogP contribution in [0.2, 0.25) is 0 Å². The smallest absolute Gasteiger partial charge is 0.217 e. The van der Waals surface area contributed by atoms with Gasteiger partial charge in [-0.1, -0.05) is 23.5 Å². The molecular weight excluding hydrogens is 192 g/mol. The van der Waals surface area contributed by atoms with Gasteiger partial charge in [0.25, 0.3) is 0 Å². The minimum atomic E-state index is 0.193. The number of rotatable bonds is 1. The van der Waals surface area contributed by atoms with Crippen molar-refractivity contribution in [2.24, 2.45) is 4.36 Å². The normalized spacial score (nSPS) is 10.0. The molecule has 0 aliphatic rings. The van der Waals surface area contributed by atoms with Gasteiger partial charge in [0.15, 0.2) is 0 Å². The molecule has 0 saturated carbocycles. The second kappa shape index (κ2) is 3.12. The molecule has 0 atom stereocenters. The zero-order chi connectivity index (χ0) is 8.39. The first-order chi connectivity index (χ1) is 5.90. The largest absolute Gasteiger partial charge is 0.224 e. The second-order valence-electron chi connectivity index (χ2n) is 2.13. The Bertz CT molecular complexity index is 426. The van der Waals surface area contributed by atoms with E-state index in [2.05, 4.69) is 9.35 Å². The summed E-state index contributed by atoms with van der Waals surface area (Å²) in [5.74, 6) is 0. The lowest BCUT2D eigenvalue weighted by atomic mass is 10.3. The van der Waals surface area contributed by atoms with Crippen LogP contribution in [0.5, 0.6) is 0 Å². The number of benzene rings is 1. The first-order valence-corrected chi connectivity index (χ1v) is 4.77. The summed E-state index contributed by atoms with van der Waals surface area (Å²) in [5, 5.41) is 0.538. The van der Waals surface area contributed by atoms with Crippen LogP contribution in [0.1, 0.15) is 0 Å². The molecule has 5 heteroatoms. The lowest BCUT2D eigenvalue weighted by Gasteiger charge is -1.80. The Labute approximate surface area is 76.3 Å². The summed E-state index contributed by atoms with van der Waals surface area (Å²) >= 11 is 1.62. The molecular formula is C7H4N2OS2. The van der Waals surface area contributed by atoms with Crippen molar-refractivity contribution in [1.29, 1.82) is 0 Å². The van der Waals surface area contributed by atoms with Gasteiger partial charge in [-0.15, -0.1) is 4.36 Å². The number of hydrogen-bond acceptors (Lipinski definition) is 4. The predicted octanol–water partition coefficient (Wildman–Crippen LogP) is 2.32. The van der Waals surface area contributed by atoms with Crippen LogP contribution in [0, 0.1) is 0 Å². The van der Waals surface area contributed by atoms with Crippen molar-refractivity contribution in [3.8, 4) is 0 Å². The number of thiazole rings is 1. The van der Waals surface area contributed by atoms with E-state index in [1.165, 1.54) is 11.3 Å². The van der Waals surface area contributed by atoms with Gasteiger partial charge in [-0.25, -0.2) is 4.98 Å². The average molecular weight is 196 g/mol. The number of aromatic nitrogens is 1. The Morgan fingerprint density at radius 2 is 2.25 bits per heavy atom. The summed E-state index contributed by atoms with van der Waals surface area (Å²) < 4.78 is 14.8. The minimum Gasteiger partial charge on any atom is -0.217 e. The zero-order valence-corrected chi connectivity index (χ0v) is 7.56. The maximum Gasteiger partial charge on any atom is 0.224 e. The van der Waals surface area contributed by atoms with Gasteiger partial charge < -0.3 is 0 Å². The van der Waals surface area contributed by atoms with E-state index in [4.69, 9.17) is 0 Å². The van der Waals surface area contributed by atoms with E-state index in [9.17, 15) is 4.21 Å². The molecule has 2 aromatic rings. The molecule has 1 heterocycles. The van der Waals surface area contributed by atoms with Crippen LogP contribution in [0.4, 0.5) is 5.13 Å². The van der Waals surface area contributed by atoms with Crippen molar-refractivity contribution in [1.82, 2.24) is 4.98 Å². The maximum atomic E-state index is 10.1. The minimum absolute atomic E-state index is 0.193. The highest BCUT2D eigenvalue weighted by Gasteiger charge is 1.99. The SMILES string of the molecule is O=S=Nc1nc2ccccc2s1. The van der Waals surface area contributed by atoms with Gasteiger partial charge >= 0.3 is 0 Å². The van der Waals surface area contributed by atoms with Crippen LogP contribution in [-0.4, -0.2) is 9.19 Å². The van der Waals surface area contributed by atoms with E-state index in [0.717, 1.165) is 10.2 Å². The fraction of sp³-hybridized carbons (Fsp3) is 0. The maximum absolute atomic E-state index is 10.1. The number of hydrogen-bond donors (Lipinski definition) is 0. The third-order valence-corrected chi connectivity index (χ3v) is 2.69. The number of para-hydroxylation sites is 1. The molecule has 0 bridgehead atoms. The molecule has 0 radical (unpaired) electrons. The summed E-state index contributed by atoms with van der Waals surface area (Å²) in [6.45, 7) is 0. The number of nitrogens with zero attached hydrogens (tertiary/aromatic N) is 2. The summed E-state index contributed by atoms with van der Waals surface area (Å²) in [4.78, 5) is 4.13. The molecule has 0 amide bonds. The van der Waals surface area contributed by atoms with E-state index in [1.807, 2.05) is 24.3 Å². The molecule has 0 N–H and O–H groups in total. The summed E-state index contributed by atoms with van der Waals surface area (Å²) in [6, 6.07) is 7.71. The molecule has 12 heavy (non-hydrogen) atoms. The van der Waals surface area contributed by atoms with Gasteiger partial charge in [-0.2, -0.15) is 4.21 Å². The van der Waals surface area contributed by atoms with Crippen LogP contribution in [-0.2, 0) is 11.5 Å². The fourth-order valence-electron chi connectivity index (χ4n) is 0.931. The van der Waals surface area contributed by atoms with E-state index >= 15 is 0 Å². The summed E-state index contributed by atoms with van der Waals surface area (Å²) in [6.07, 6.45) is 0. The van der Waals surface area contributed by atoms with Crippen molar-refractivity contribution in [2.45, 2.75) is 0 Å². The van der Waals surface area contributed by atoms with Crippen LogP contribution >= 0.6 is 11.3 Å². The molecule has 0 fully saturated rings. The fourth-order valence-corrected chi connectivity index (χ4v) is 1.98. The molecule has 0 unspecified atom stereocenters. The molecule has 60 valence electrons. The topological polar surface area (TPSA) is 42.3 Å². The summed E-state index contributed by atoms with van der Waals surface area (Å²) in [7, 11) is 0. The standard InChI is InChI=1S/C7H4N2OS2/c10-12-9-7-8-5-3-1-2-4-6(5)11-7/h1-4H. The van der Waals surface area contributed by atoms with Crippen molar-refractivity contribution >= 4 is 38.1 Å². The van der Waals surface area contributed by atoms with Crippen molar-refractivity contribution in [2.75, 3.05) is 0 Å². The Morgan fingerprint density at radius 1 is 1.42 bits per heavy atom. The van der Waals surface area contributed by atoms with Crippen molar-refractivity contribution in [3.05, 3.63) is 24.3 Å². The Morgan fingerprint density at radius 3 is 3.00 bits per heavy atom. The van der Waals surface area contributed by atoms with Gasteiger partial charge in [-0.3, -0.25) is 0 Å².